The molecule has 19 heavy (non-hydrogen) atoms. The Bertz CT molecular complexity index is 486. The van der Waals surface area contributed by atoms with Crippen LogP contribution in [0.1, 0.15) is 23.5 Å². The number of nitrogens with one attached hydrogen (secondary N) is 1. The zero-order valence-corrected chi connectivity index (χ0v) is 11.5. The van der Waals surface area contributed by atoms with Crippen LogP contribution in [0.2, 0.25) is 0 Å². The summed E-state index contributed by atoms with van der Waals surface area (Å²) in [5.41, 5.74) is 0.748. The van der Waals surface area contributed by atoms with Crippen molar-refractivity contribution in [2.24, 2.45) is 0 Å². The molecule has 0 bridgehead atoms. The molecule has 2 N–H and O–H groups in total. The molecule has 0 saturated carbocycles. The lowest BCUT2D eigenvalue weighted by Crippen LogP contribution is -2.40. The summed E-state index contributed by atoms with van der Waals surface area (Å²) in [5, 5.41) is 13.3. The molecule has 8 heteroatoms. The number of rotatable bonds is 5. The first-order valence-corrected chi connectivity index (χ1v) is 6.44. The highest BCUT2D eigenvalue weighted by Gasteiger charge is 2.14. The van der Waals surface area contributed by atoms with Crippen molar-refractivity contribution in [1.29, 1.82) is 0 Å². The number of carboxylic acid groups (broad SMARTS) is 1. The maximum Gasteiger partial charge on any atom is 0.324 e. The summed E-state index contributed by atoms with van der Waals surface area (Å²) in [6, 6.07) is -0.568. The van der Waals surface area contributed by atoms with Gasteiger partial charge in [-0.05, 0) is 6.92 Å². The SMILES string of the molecule is Cc1nc(CN(C)C(=O)NC(=O)CCC(=O)O)cs1. The van der Waals surface area contributed by atoms with Crippen molar-refractivity contribution < 1.29 is 19.5 Å². The van der Waals surface area contributed by atoms with Gasteiger partial charge < -0.3 is 10.0 Å². The third-order valence-corrected chi connectivity index (χ3v) is 3.05. The summed E-state index contributed by atoms with van der Waals surface area (Å²) in [7, 11) is 1.54. The Balaban J connectivity index is 2.40. The van der Waals surface area contributed by atoms with Gasteiger partial charge in [0.15, 0.2) is 0 Å². The summed E-state index contributed by atoms with van der Waals surface area (Å²) < 4.78 is 0. The normalized spacial score (nSPS) is 10.0. The maximum absolute atomic E-state index is 11.6. The Morgan fingerprint density at radius 1 is 1.42 bits per heavy atom. The molecule has 1 heterocycles. The Morgan fingerprint density at radius 3 is 2.63 bits per heavy atom. The topological polar surface area (TPSA) is 99.6 Å². The minimum atomic E-state index is -1.08. The number of hydrogen-bond acceptors (Lipinski definition) is 5. The predicted molar refractivity (Wildman–Crippen MR) is 68.7 cm³/mol. The highest BCUT2D eigenvalue weighted by molar-refractivity contribution is 7.09. The lowest BCUT2D eigenvalue weighted by Gasteiger charge is -2.15. The highest BCUT2D eigenvalue weighted by atomic mass is 32.1. The van der Waals surface area contributed by atoms with Gasteiger partial charge in [0, 0.05) is 18.8 Å². The van der Waals surface area contributed by atoms with Gasteiger partial charge >= 0.3 is 12.0 Å². The van der Waals surface area contributed by atoms with Crippen LogP contribution in [-0.2, 0) is 16.1 Å². The smallest absolute Gasteiger partial charge is 0.324 e. The third-order valence-electron chi connectivity index (χ3n) is 2.22. The van der Waals surface area contributed by atoms with Crippen molar-refractivity contribution in [3.63, 3.8) is 0 Å². The monoisotopic (exact) mass is 285 g/mol. The Morgan fingerprint density at radius 2 is 2.11 bits per heavy atom. The van der Waals surface area contributed by atoms with E-state index in [0.717, 1.165) is 10.7 Å². The minimum absolute atomic E-state index is 0.218. The number of aliphatic carboxylic acids is 1. The molecule has 0 spiro atoms. The molecule has 7 nitrogen and oxygen atoms in total. The second-order valence-corrected chi connectivity index (χ2v) is 5.02. The van der Waals surface area contributed by atoms with Gasteiger partial charge in [0.05, 0.1) is 23.7 Å². The Labute approximate surface area is 114 Å². The molecule has 104 valence electrons. The first-order valence-electron chi connectivity index (χ1n) is 5.56. The third kappa shape index (κ3) is 5.47. The molecular formula is C11H15N3O4S. The second kappa shape index (κ2) is 6.83. The number of aryl methyl sites for hydroxylation is 1. The van der Waals surface area contributed by atoms with E-state index >= 15 is 0 Å². The largest absolute Gasteiger partial charge is 0.481 e. The molecular weight excluding hydrogens is 270 g/mol. The fourth-order valence-corrected chi connectivity index (χ4v) is 1.90. The van der Waals surface area contributed by atoms with Crippen LogP contribution < -0.4 is 5.32 Å². The van der Waals surface area contributed by atoms with Crippen molar-refractivity contribution in [3.05, 3.63) is 16.1 Å². The van der Waals surface area contributed by atoms with Gasteiger partial charge in [-0.3, -0.25) is 14.9 Å². The number of urea groups is 1. The lowest BCUT2D eigenvalue weighted by molar-refractivity contribution is -0.138. The molecule has 0 aliphatic rings. The average molecular weight is 285 g/mol. The minimum Gasteiger partial charge on any atom is -0.481 e. The number of carbonyl (C=O) groups excluding carboxylic acids is 2. The van der Waals surface area contributed by atoms with Gasteiger partial charge in [0.2, 0.25) is 5.91 Å². The van der Waals surface area contributed by atoms with Crippen LogP contribution in [0.4, 0.5) is 4.79 Å². The van der Waals surface area contributed by atoms with Gasteiger partial charge in [-0.1, -0.05) is 0 Å². The fourth-order valence-electron chi connectivity index (χ4n) is 1.29. The number of carbonyl (C=O) groups is 3. The highest BCUT2D eigenvalue weighted by Crippen LogP contribution is 2.09. The van der Waals surface area contributed by atoms with E-state index in [-0.39, 0.29) is 12.8 Å². The molecule has 0 radical (unpaired) electrons. The van der Waals surface area contributed by atoms with Crippen LogP contribution in [0.5, 0.6) is 0 Å². The Hall–Kier alpha value is -1.96. The van der Waals surface area contributed by atoms with Crippen molar-refractivity contribution in [2.45, 2.75) is 26.3 Å². The van der Waals surface area contributed by atoms with Crippen molar-refractivity contribution >= 4 is 29.2 Å². The molecule has 0 aromatic carbocycles. The van der Waals surface area contributed by atoms with Crippen LogP contribution in [-0.4, -0.2) is 39.9 Å². The van der Waals surface area contributed by atoms with E-state index in [9.17, 15) is 14.4 Å². The van der Waals surface area contributed by atoms with Gasteiger partial charge in [-0.15, -0.1) is 11.3 Å². The van der Waals surface area contributed by atoms with Crippen LogP contribution >= 0.6 is 11.3 Å². The summed E-state index contributed by atoms with van der Waals surface area (Å²) in [4.78, 5) is 38.7. The van der Waals surface area contributed by atoms with Crippen molar-refractivity contribution in [2.75, 3.05) is 7.05 Å². The number of hydrogen-bond donors (Lipinski definition) is 2. The number of thiazole rings is 1. The van der Waals surface area contributed by atoms with E-state index < -0.39 is 17.9 Å². The molecule has 0 fully saturated rings. The van der Waals surface area contributed by atoms with Crippen molar-refractivity contribution in [1.82, 2.24) is 15.2 Å². The molecule has 1 aromatic rings. The summed E-state index contributed by atoms with van der Waals surface area (Å²) in [6.45, 7) is 2.16. The molecule has 1 rings (SSSR count). The van der Waals surface area contributed by atoms with Crippen LogP contribution in [0.3, 0.4) is 0 Å². The molecule has 0 saturated heterocycles. The first kappa shape index (κ1) is 15.1. The summed E-state index contributed by atoms with van der Waals surface area (Å²) >= 11 is 1.48. The van der Waals surface area contributed by atoms with Gasteiger partial charge in [0.1, 0.15) is 0 Å². The molecule has 0 unspecified atom stereocenters. The molecule has 3 amide bonds. The van der Waals surface area contributed by atoms with Crippen molar-refractivity contribution in [3.8, 4) is 0 Å². The molecule has 1 aromatic heterocycles. The number of imide groups is 1. The molecule has 0 aliphatic heterocycles. The molecule has 0 aliphatic carbocycles. The Kier molecular flexibility index (Phi) is 5.43. The number of nitrogens with zero attached hydrogens (tertiary/aromatic N) is 2. The van der Waals surface area contributed by atoms with Crippen LogP contribution in [0, 0.1) is 6.92 Å². The van der Waals surface area contributed by atoms with E-state index in [1.807, 2.05) is 12.3 Å². The number of aromatic nitrogens is 1. The molecule has 0 atom stereocenters. The quantitative estimate of drug-likeness (QED) is 0.840. The average Bonchev–Trinajstić information content (AvgIpc) is 2.72. The number of amides is 3. The van der Waals surface area contributed by atoms with Gasteiger partial charge in [-0.25, -0.2) is 9.78 Å². The number of carboxylic acids is 1. The standard InChI is InChI=1S/C11H15N3O4S/c1-7-12-8(6-19-7)5-14(2)11(18)13-9(15)3-4-10(16)17/h6H,3-5H2,1-2H3,(H,16,17)(H,13,15,18). The predicted octanol–water partition coefficient (Wildman–Crippen LogP) is 0.984. The maximum atomic E-state index is 11.6. The zero-order valence-electron chi connectivity index (χ0n) is 10.7. The van der Waals surface area contributed by atoms with E-state index in [1.54, 1.807) is 0 Å². The summed E-state index contributed by atoms with van der Waals surface area (Å²) in [6.07, 6.45) is -0.515. The second-order valence-electron chi connectivity index (χ2n) is 3.96. The lowest BCUT2D eigenvalue weighted by atomic mass is 10.3. The zero-order chi connectivity index (χ0) is 14.4. The van der Waals surface area contributed by atoms with Crippen LogP contribution in [0.25, 0.3) is 0 Å². The van der Waals surface area contributed by atoms with E-state index in [0.29, 0.717) is 6.54 Å². The first-order chi connectivity index (χ1) is 8.88. The fraction of sp³-hybridized carbons (Fsp3) is 0.455. The van der Waals surface area contributed by atoms with Gasteiger partial charge in [-0.2, -0.15) is 0 Å². The van der Waals surface area contributed by atoms with Gasteiger partial charge in [0.25, 0.3) is 0 Å². The summed E-state index contributed by atoms with van der Waals surface area (Å²) in [5.74, 6) is -1.68. The van der Waals surface area contributed by atoms with Crippen LogP contribution in [0.15, 0.2) is 5.38 Å². The van der Waals surface area contributed by atoms with E-state index in [2.05, 4.69) is 10.3 Å². The van der Waals surface area contributed by atoms with E-state index in [1.165, 1.54) is 23.3 Å². The van der Waals surface area contributed by atoms with E-state index in [4.69, 9.17) is 5.11 Å².